The minimum atomic E-state index is -0.140. The van der Waals surface area contributed by atoms with Crippen LogP contribution in [-0.2, 0) is 4.74 Å². The Kier molecular flexibility index (Phi) is 4.95. The van der Waals surface area contributed by atoms with Gasteiger partial charge in [-0.2, -0.15) is 5.10 Å². The van der Waals surface area contributed by atoms with Crippen LogP contribution >= 0.6 is 0 Å². The van der Waals surface area contributed by atoms with Gasteiger partial charge in [0.15, 0.2) is 0 Å². The summed E-state index contributed by atoms with van der Waals surface area (Å²) in [6, 6.07) is 9.37. The summed E-state index contributed by atoms with van der Waals surface area (Å²) in [7, 11) is 1.61. The molecule has 1 unspecified atom stereocenters. The van der Waals surface area contributed by atoms with Crippen LogP contribution in [0.2, 0.25) is 0 Å². The highest BCUT2D eigenvalue weighted by molar-refractivity contribution is 5.94. The molecular weight excluding hydrogens is 358 g/mol. The Morgan fingerprint density at radius 2 is 2.18 bits per heavy atom. The Labute approximate surface area is 162 Å². The lowest BCUT2D eigenvalue weighted by atomic mass is 10.1. The topological polar surface area (TPSA) is 95.1 Å². The number of benzene rings is 1. The van der Waals surface area contributed by atoms with E-state index in [-0.39, 0.29) is 11.9 Å². The second-order valence-electron chi connectivity index (χ2n) is 7.15. The van der Waals surface area contributed by atoms with Crippen molar-refractivity contribution in [2.45, 2.75) is 38.6 Å². The lowest BCUT2D eigenvalue weighted by molar-refractivity contribution is 0.0905. The van der Waals surface area contributed by atoms with E-state index in [2.05, 4.69) is 20.6 Å². The van der Waals surface area contributed by atoms with Crippen LogP contribution in [0.3, 0.4) is 0 Å². The zero-order chi connectivity index (χ0) is 19.7. The summed E-state index contributed by atoms with van der Waals surface area (Å²) in [6.07, 6.45) is 2.26. The monoisotopic (exact) mass is 381 g/mol. The average Bonchev–Trinajstić information content (AvgIpc) is 3.28. The zero-order valence-electron chi connectivity index (χ0n) is 16.2. The lowest BCUT2D eigenvalue weighted by Gasteiger charge is -2.13. The number of nitrogens with one attached hydrogen (secondary N) is 1. The van der Waals surface area contributed by atoms with E-state index >= 15 is 0 Å². The second kappa shape index (κ2) is 7.55. The largest absolute Gasteiger partial charge is 0.420 e. The van der Waals surface area contributed by atoms with Crippen LogP contribution in [0.5, 0.6) is 0 Å². The summed E-state index contributed by atoms with van der Waals surface area (Å²) in [5.41, 5.74) is 3.14. The number of aromatic nitrogens is 4. The number of aryl methyl sites for hydroxylation is 1. The highest BCUT2D eigenvalue weighted by Crippen LogP contribution is 2.42. The van der Waals surface area contributed by atoms with Gasteiger partial charge in [0.05, 0.1) is 12.3 Å². The van der Waals surface area contributed by atoms with Crippen molar-refractivity contribution in [3.8, 4) is 17.3 Å². The van der Waals surface area contributed by atoms with E-state index in [1.54, 1.807) is 20.1 Å². The second-order valence-corrected chi connectivity index (χ2v) is 7.15. The maximum atomic E-state index is 12.5. The van der Waals surface area contributed by atoms with E-state index in [4.69, 9.17) is 9.15 Å². The van der Waals surface area contributed by atoms with Gasteiger partial charge in [0.1, 0.15) is 5.69 Å². The number of ether oxygens (including phenoxy) is 1. The zero-order valence-corrected chi connectivity index (χ0v) is 16.2. The van der Waals surface area contributed by atoms with Crippen LogP contribution in [-0.4, -0.2) is 45.6 Å². The molecule has 8 heteroatoms. The molecule has 1 aromatic carbocycles. The molecule has 8 nitrogen and oxygen atoms in total. The van der Waals surface area contributed by atoms with Crippen molar-refractivity contribution in [3.05, 3.63) is 47.5 Å². The average molecular weight is 381 g/mol. The molecule has 1 N–H and O–H groups in total. The number of nitrogens with zero attached hydrogens (tertiary/aromatic N) is 4. The Morgan fingerprint density at radius 1 is 1.36 bits per heavy atom. The van der Waals surface area contributed by atoms with Gasteiger partial charge < -0.3 is 14.5 Å². The van der Waals surface area contributed by atoms with Gasteiger partial charge in [0.25, 0.3) is 11.8 Å². The normalized spacial score (nSPS) is 14.8. The molecule has 1 saturated carbocycles. The van der Waals surface area contributed by atoms with E-state index in [0.717, 1.165) is 24.2 Å². The number of carbonyl (C=O) groups is 1. The van der Waals surface area contributed by atoms with Crippen LogP contribution in [0.1, 0.15) is 47.6 Å². The van der Waals surface area contributed by atoms with Crippen molar-refractivity contribution < 1.29 is 13.9 Å². The fraction of sp³-hybridized carbons (Fsp3) is 0.400. The first-order valence-electron chi connectivity index (χ1n) is 9.36. The molecule has 1 aliphatic rings. The molecular formula is C20H23N5O3. The van der Waals surface area contributed by atoms with Gasteiger partial charge in [-0.15, -0.1) is 10.2 Å². The molecule has 3 aromatic rings. The van der Waals surface area contributed by atoms with Crippen molar-refractivity contribution in [2.75, 3.05) is 13.7 Å². The molecule has 4 rings (SSSR count). The van der Waals surface area contributed by atoms with Crippen molar-refractivity contribution in [1.29, 1.82) is 0 Å². The van der Waals surface area contributed by atoms with E-state index in [1.807, 2.05) is 35.9 Å². The highest BCUT2D eigenvalue weighted by atomic mass is 16.5. The number of hydrogen-bond donors (Lipinski definition) is 1. The number of carbonyl (C=O) groups excluding carboxylic acids is 1. The first-order chi connectivity index (χ1) is 13.5. The third-order valence-corrected chi connectivity index (χ3v) is 4.62. The predicted octanol–water partition coefficient (Wildman–Crippen LogP) is 2.87. The predicted molar refractivity (Wildman–Crippen MR) is 102 cm³/mol. The van der Waals surface area contributed by atoms with E-state index < -0.39 is 0 Å². The molecule has 146 valence electrons. The van der Waals surface area contributed by atoms with Gasteiger partial charge in [0.2, 0.25) is 5.89 Å². The Balaban J connectivity index is 1.65. The molecule has 1 aliphatic carbocycles. The first-order valence-corrected chi connectivity index (χ1v) is 9.36. The smallest absolute Gasteiger partial charge is 0.268 e. The van der Waals surface area contributed by atoms with Gasteiger partial charge in [-0.25, -0.2) is 4.68 Å². The maximum Gasteiger partial charge on any atom is 0.268 e. The molecule has 0 bridgehead atoms. The summed E-state index contributed by atoms with van der Waals surface area (Å²) < 4.78 is 12.5. The van der Waals surface area contributed by atoms with Gasteiger partial charge in [-0.1, -0.05) is 6.07 Å². The summed E-state index contributed by atoms with van der Waals surface area (Å²) >= 11 is 0. The van der Waals surface area contributed by atoms with E-state index in [1.165, 1.54) is 0 Å². The Bertz CT molecular complexity index is 989. The molecule has 0 radical (unpaired) electrons. The summed E-state index contributed by atoms with van der Waals surface area (Å²) in [5, 5.41) is 15.6. The minimum absolute atomic E-state index is 0.0692. The summed E-state index contributed by atoms with van der Waals surface area (Å²) in [5.74, 6) is 1.23. The lowest BCUT2D eigenvalue weighted by Crippen LogP contribution is -2.35. The van der Waals surface area contributed by atoms with Gasteiger partial charge >= 0.3 is 0 Å². The Hall–Kier alpha value is -3.00. The van der Waals surface area contributed by atoms with E-state index in [9.17, 15) is 4.79 Å². The van der Waals surface area contributed by atoms with Crippen LogP contribution in [0.4, 0.5) is 0 Å². The van der Waals surface area contributed by atoms with Crippen molar-refractivity contribution in [1.82, 2.24) is 25.3 Å². The molecule has 1 atom stereocenters. The van der Waals surface area contributed by atoms with Gasteiger partial charge in [-0.05, 0) is 44.0 Å². The van der Waals surface area contributed by atoms with E-state index in [0.29, 0.717) is 35.6 Å². The highest BCUT2D eigenvalue weighted by Gasteiger charge is 2.30. The molecule has 2 heterocycles. The molecule has 28 heavy (non-hydrogen) atoms. The third-order valence-electron chi connectivity index (χ3n) is 4.62. The number of methoxy groups -OCH3 is 1. The van der Waals surface area contributed by atoms with Crippen LogP contribution in [0.15, 0.2) is 34.7 Å². The molecule has 1 amide bonds. The van der Waals surface area contributed by atoms with Crippen LogP contribution in [0.25, 0.3) is 17.3 Å². The van der Waals surface area contributed by atoms with Crippen molar-refractivity contribution in [3.63, 3.8) is 0 Å². The molecule has 2 aromatic heterocycles. The Morgan fingerprint density at radius 3 is 2.86 bits per heavy atom. The third kappa shape index (κ3) is 3.82. The van der Waals surface area contributed by atoms with Gasteiger partial charge in [-0.3, -0.25) is 4.79 Å². The SMILES string of the molecule is COCC(C)NC(=O)c1cccc(-n2nc(-c3nnc(C)o3)cc2C2CC2)c1. The van der Waals surface area contributed by atoms with Gasteiger partial charge in [0, 0.05) is 37.3 Å². The van der Waals surface area contributed by atoms with Crippen LogP contribution in [0, 0.1) is 6.92 Å². The summed E-state index contributed by atoms with van der Waals surface area (Å²) in [6.45, 7) is 4.12. The molecule has 1 fully saturated rings. The molecule has 0 spiro atoms. The fourth-order valence-electron chi connectivity index (χ4n) is 3.15. The van der Waals surface area contributed by atoms with Crippen LogP contribution < -0.4 is 5.32 Å². The fourth-order valence-corrected chi connectivity index (χ4v) is 3.15. The molecule has 0 saturated heterocycles. The number of hydrogen-bond acceptors (Lipinski definition) is 6. The minimum Gasteiger partial charge on any atom is -0.420 e. The maximum absolute atomic E-state index is 12.5. The number of amides is 1. The summed E-state index contributed by atoms with van der Waals surface area (Å²) in [4.78, 5) is 12.5. The standard InChI is InChI=1S/C20H23N5O3/c1-12(11-27-3)21-19(26)15-5-4-6-16(9-15)25-18(14-7-8-14)10-17(24-25)20-23-22-13(2)28-20/h4-6,9-10,12,14H,7-8,11H2,1-3H3,(H,21,26). The first kappa shape index (κ1) is 18.4. The van der Waals surface area contributed by atoms with Crippen molar-refractivity contribution >= 4 is 5.91 Å². The number of rotatable bonds is 7. The molecule has 0 aliphatic heterocycles. The quantitative estimate of drug-likeness (QED) is 0.676. The van der Waals surface area contributed by atoms with Crippen molar-refractivity contribution in [2.24, 2.45) is 0 Å².